The Hall–Kier alpha value is -0.580. The molecule has 5 heteroatoms. The number of halogens is 1. The van der Waals surface area contributed by atoms with Crippen LogP contribution >= 0.6 is 11.6 Å². The second kappa shape index (κ2) is 5.59. The summed E-state index contributed by atoms with van der Waals surface area (Å²) in [5.41, 5.74) is 1.23. The van der Waals surface area contributed by atoms with Crippen molar-refractivity contribution in [1.29, 1.82) is 0 Å². The lowest BCUT2D eigenvalue weighted by atomic mass is 9.98. The highest BCUT2D eigenvalue weighted by molar-refractivity contribution is 7.91. The van der Waals surface area contributed by atoms with E-state index in [0.717, 1.165) is 24.3 Å². The maximum absolute atomic E-state index is 11.4. The van der Waals surface area contributed by atoms with Crippen LogP contribution in [-0.2, 0) is 16.3 Å². The highest BCUT2D eigenvalue weighted by atomic mass is 35.5. The minimum absolute atomic E-state index is 0.223. The lowest BCUT2D eigenvalue weighted by Crippen LogP contribution is -2.45. The summed E-state index contributed by atoms with van der Waals surface area (Å²) >= 11 is 5.84. The van der Waals surface area contributed by atoms with Gasteiger partial charge in [0.25, 0.3) is 0 Å². The lowest BCUT2D eigenvalue weighted by Gasteiger charge is -2.29. The van der Waals surface area contributed by atoms with E-state index >= 15 is 0 Å². The van der Waals surface area contributed by atoms with Crippen molar-refractivity contribution in [3.8, 4) is 0 Å². The van der Waals surface area contributed by atoms with E-state index in [2.05, 4.69) is 5.32 Å². The monoisotopic (exact) mass is 287 g/mol. The minimum atomic E-state index is -2.91. The van der Waals surface area contributed by atoms with Crippen molar-refractivity contribution in [3.63, 3.8) is 0 Å². The zero-order chi connectivity index (χ0) is 13.2. The number of sulfone groups is 1. The lowest BCUT2D eigenvalue weighted by molar-refractivity contribution is 0.397. The molecular formula is C13H18ClNO2S. The Kier molecular flexibility index (Phi) is 4.30. The maximum Gasteiger partial charge on any atom is 0.151 e. The van der Waals surface area contributed by atoms with Gasteiger partial charge in [-0.25, -0.2) is 8.42 Å². The Balaban J connectivity index is 1.89. The van der Waals surface area contributed by atoms with E-state index in [9.17, 15) is 8.42 Å². The average molecular weight is 288 g/mol. The van der Waals surface area contributed by atoms with E-state index in [1.807, 2.05) is 24.3 Å². The molecule has 1 aliphatic rings. The quantitative estimate of drug-likeness (QED) is 0.925. The fraction of sp³-hybridized carbons (Fsp3) is 0.538. The first kappa shape index (κ1) is 13.8. The van der Waals surface area contributed by atoms with Crippen molar-refractivity contribution >= 4 is 21.4 Å². The molecule has 100 valence electrons. The van der Waals surface area contributed by atoms with Crippen LogP contribution in [0.25, 0.3) is 0 Å². The van der Waals surface area contributed by atoms with Crippen molar-refractivity contribution in [2.24, 2.45) is 0 Å². The maximum atomic E-state index is 11.4. The summed E-state index contributed by atoms with van der Waals surface area (Å²) in [6.07, 6.45) is 3.90. The fourth-order valence-electron chi connectivity index (χ4n) is 2.33. The Bertz CT molecular complexity index is 490. The molecule has 1 aliphatic heterocycles. The van der Waals surface area contributed by atoms with Gasteiger partial charge in [0.2, 0.25) is 0 Å². The molecule has 0 aromatic heterocycles. The summed E-state index contributed by atoms with van der Waals surface area (Å²) in [6, 6.07) is 8.18. The van der Waals surface area contributed by atoms with Crippen molar-refractivity contribution in [3.05, 3.63) is 34.9 Å². The Morgan fingerprint density at radius 1 is 1.28 bits per heavy atom. The third kappa shape index (κ3) is 3.70. The first-order chi connectivity index (χ1) is 8.45. The summed E-state index contributed by atoms with van der Waals surface area (Å²) in [4.78, 5) is 0. The van der Waals surface area contributed by atoms with Gasteiger partial charge in [-0.15, -0.1) is 0 Å². The topological polar surface area (TPSA) is 46.2 Å². The largest absolute Gasteiger partial charge is 0.312 e. The van der Waals surface area contributed by atoms with Crippen molar-refractivity contribution in [2.45, 2.75) is 30.6 Å². The SMILES string of the molecule is CS(=O)(=O)[C@@H]1CC[C@H](Cc2ccc(Cl)cc2)NC1. The molecule has 2 atom stereocenters. The summed E-state index contributed by atoms with van der Waals surface area (Å²) < 4.78 is 22.9. The van der Waals surface area contributed by atoms with Gasteiger partial charge < -0.3 is 5.32 Å². The zero-order valence-corrected chi connectivity index (χ0v) is 12.0. The van der Waals surface area contributed by atoms with Gasteiger partial charge in [-0.1, -0.05) is 23.7 Å². The molecule has 0 radical (unpaired) electrons. The molecular weight excluding hydrogens is 270 g/mol. The van der Waals surface area contributed by atoms with Crippen LogP contribution < -0.4 is 5.32 Å². The van der Waals surface area contributed by atoms with E-state index in [4.69, 9.17) is 11.6 Å². The molecule has 0 unspecified atom stereocenters. The van der Waals surface area contributed by atoms with Crippen LogP contribution in [-0.4, -0.2) is 32.5 Å². The second-order valence-corrected chi connectivity index (χ2v) is 7.73. The number of hydrogen-bond acceptors (Lipinski definition) is 3. The standard InChI is InChI=1S/C13H18ClNO2S/c1-18(16,17)13-7-6-12(15-9-13)8-10-2-4-11(14)5-3-10/h2-5,12-13,15H,6-9H2,1H3/t12-,13-/m1/s1. The first-order valence-corrected chi connectivity index (χ1v) is 8.45. The highest BCUT2D eigenvalue weighted by Crippen LogP contribution is 2.18. The summed E-state index contributed by atoms with van der Waals surface area (Å²) in [5, 5.41) is 3.85. The number of nitrogens with one attached hydrogen (secondary N) is 1. The van der Waals surface area contributed by atoms with Crippen molar-refractivity contribution in [1.82, 2.24) is 5.32 Å². The molecule has 1 aromatic carbocycles. The van der Waals surface area contributed by atoms with Gasteiger partial charge in [-0.2, -0.15) is 0 Å². The van der Waals surface area contributed by atoms with Gasteiger partial charge in [-0.3, -0.25) is 0 Å². The predicted molar refractivity (Wildman–Crippen MR) is 74.8 cm³/mol. The van der Waals surface area contributed by atoms with Gasteiger partial charge in [0.1, 0.15) is 0 Å². The molecule has 1 saturated heterocycles. The van der Waals surface area contributed by atoms with Gasteiger partial charge in [-0.05, 0) is 37.0 Å². The molecule has 1 fully saturated rings. The highest BCUT2D eigenvalue weighted by Gasteiger charge is 2.27. The fourth-order valence-corrected chi connectivity index (χ4v) is 3.42. The van der Waals surface area contributed by atoms with Crippen molar-refractivity contribution < 1.29 is 8.42 Å². The van der Waals surface area contributed by atoms with E-state index in [0.29, 0.717) is 12.6 Å². The molecule has 0 aliphatic carbocycles. The van der Waals surface area contributed by atoms with Crippen LogP contribution in [0.5, 0.6) is 0 Å². The number of benzene rings is 1. The Labute approximate surface area is 113 Å². The molecule has 0 spiro atoms. The van der Waals surface area contributed by atoms with Crippen LogP contribution in [0.4, 0.5) is 0 Å². The predicted octanol–water partition coefficient (Wildman–Crippen LogP) is 2.05. The molecule has 0 amide bonds. The number of rotatable bonds is 3. The van der Waals surface area contributed by atoms with Gasteiger partial charge >= 0.3 is 0 Å². The Morgan fingerprint density at radius 2 is 1.94 bits per heavy atom. The van der Waals surface area contributed by atoms with Gasteiger partial charge in [0.05, 0.1) is 5.25 Å². The molecule has 1 aromatic rings. The molecule has 3 nitrogen and oxygen atoms in total. The van der Waals surface area contributed by atoms with Crippen LogP contribution in [0.3, 0.4) is 0 Å². The molecule has 0 bridgehead atoms. The van der Waals surface area contributed by atoms with Crippen molar-refractivity contribution in [2.75, 3.05) is 12.8 Å². The van der Waals surface area contributed by atoms with Gasteiger partial charge in [0.15, 0.2) is 9.84 Å². The van der Waals surface area contributed by atoms with E-state index in [1.54, 1.807) is 0 Å². The van der Waals surface area contributed by atoms with E-state index in [1.165, 1.54) is 11.8 Å². The molecule has 1 heterocycles. The van der Waals surface area contributed by atoms with Crippen LogP contribution in [0.15, 0.2) is 24.3 Å². The average Bonchev–Trinajstić information content (AvgIpc) is 2.32. The third-order valence-electron chi connectivity index (χ3n) is 3.47. The van der Waals surface area contributed by atoms with Crippen LogP contribution in [0.1, 0.15) is 18.4 Å². The van der Waals surface area contributed by atoms with E-state index in [-0.39, 0.29) is 5.25 Å². The third-order valence-corrected chi connectivity index (χ3v) is 5.34. The van der Waals surface area contributed by atoms with E-state index < -0.39 is 9.84 Å². The normalized spacial score (nSPS) is 25.0. The molecule has 1 N–H and O–H groups in total. The number of piperidine rings is 1. The molecule has 2 rings (SSSR count). The smallest absolute Gasteiger partial charge is 0.151 e. The van der Waals surface area contributed by atoms with Crippen LogP contribution in [0, 0.1) is 0 Å². The van der Waals surface area contributed by atoms with Gasteiger partial charge in [0, 0.05) is 23.9 Å². The summed E-state index contributed by atoms with van der Waals surface area (Å²) in [6.45, 7) is 0.567. The van der Waals surface area contributed by atoms with Crippen LogP contribution in [0.2, 0.25) is 5.02 Å². The zero-order valence-electron chi connectivity index (χ0n) is 10.4. The number of hydrogen-bond donors (Lipinski definition) is 1. The molecule has 18 heavy (non-hydrogen) atoms. The summed E-state index contributed by atoms with van der Waals surface area (Å²) in [7, 11) is -2.91. The first-order valence-electron chi connectivity index (χ1n) is 6.12. The molecule has 0 saturated carbocycles. The minimum Gasteiger partial charge on any atom is -0.312 e. The summed E-state index contributed by atoms with van der Waals surface area (Å²) in [5.74, 6) is 0. The Morgan fingerprint density at radius 3 is 2.44 bits per heavy atom. The second-order valence-electron chi connectivity index (χ2n) is 4.96.